The fraction of sp³-hybridized carbons (Fsp3) is 0.154. The molecule has 0 aliphatic rings. The van der Waals surface area contributed by atoms with Gasteiger partial charge >= 0.3 is 0 Å². The van der Waals surface area contributed by atoms with Crippen molar-refractivity contribution < 1.29 is 0 Å². The predicted octanol–water partition coefficient (Wildman–Crippen LogP) is 3.23. The molecule has 0 fully saturated rings. The average Bonchev–Trinajstić information content (AvgIpc) is 2.72. The van der Waals surface area contributed by atoms with E-state index in [2.05, 4.69) is 29.3 Å². The van der Waals surface area contributed by atoms with Gasteiger partial charge in [0, 0.05) is 25.2 Å². The fourth-order valence-corrected chi connectivity index (χ4v) is 2.10. The van der Waals surface area contributed by atoms with Crippen molar-refractivity contribution in [2.24, 2.45) is 7.05 Å². The smallest absolute Gasteiger partial charge is 0.167 e. The summed E-state index contributed by atoms with van der Waals surface area (Å²) >= 11 is 1.74. The maximum absolute atomic E-state index is 4.25. The van der Waals surface area contributed by atoms with Crippen molar-refractivity contribution in [2.45, 2.75) is 5.16 Å². The van der Waals surface area contributed by atoms with Gasteiger partial charge in [-0.15, -0.1) is 0 Å². The Bertz CT molecular complexity index is 460. The molecule has 2 nitrogen and oxygen atoms in total. The highest BCUT2D eigenvalue weighted by Gasteiger charge is 1.96. The van der Waals surface area contributed by atoms with E-state index in [0.717, 1.165) is 10.9 Å². The first-order valence-corrected chi connectivity index (χ1v) is 6.16. The molecule has 0 radical (unpaired) electrons. The van der Waals surface area contributed by atoms with Crippen molar-refractivity contribution >= 4 is 17.8 Å². The molecular weight excluding hydrogens is 216 g/mol. The SMILES string of the molecule is Cn1ccnc1SCC=Cc1ccccc1. The van der Waals surface area contributed by atoms with Crippen LogP contribution in [0.2, 0.25) is 0 Å². The zero-order valence-corrected chi connectivity index (χ0v) is 10.0. The van der Waals surface area contributed by atoms with Crippen molar-refractivity contribution in [1.82, 2.24) is 9.55 Å². The maximum Gasteiger partial charge on any atom is 0.167 e. The number of nitrogens with zero attached hydrogens (tertiary/aromatic N) is 2. The quantitative estimate of drug-likeness (QED) is 0.750. The number of aryl methyl sites for hydroxylation is 1. The zero-order valence-electron chi connectivity index (χ0n) is 9.21. The van der Waals surface area contributed by atoms with Gasteiger partial charge in [0.2, 0.25) is 0 Å². The van der Waals surface area contributed by atoms with Gasteiger partial charge in [0.25, 0.3) is 0 Å². The van der Waals surface area contributed by atoms with Gasteiger partial charge in [-0.25, -0.2) is 4.98 Å². The van der Waals surface area contributed by atoms with E-state index in [1.165, 1.54) is 5.56 Å². The van der Waals surface area contributed by atoms with E-state index in [0.29, 0.717) is 0 Å². The number of rotatable bonds is 4. The second-order valence-electron chi connectivity index (χ2n) is 3.44. The molecule has 0 saturated heterocycles. The average molecular weight is 230 g/mol. The van der Waals surface area contributed by atoms with Crippen LogP contribution in [0.15, 0.2) is 54.0 Å². The highest BCUT2D eigenvalue weighted by Crippen LogP contribution is 2.14. The molecule has 0 aliphatic heterocycles. The lowest BCUT2D eigenvalue weighted by Crippen LogP contribution is -1.88. The minimum atomic E-state index is 0.944. The van der Waals surface area contributed by atoms with E-state index >= 15 is 0 Å². The molecule has 16 heavy (non-hydrogen) atoms. The van der Waals surface area contributed by atoms with Crippen LogP contribution >= 0.6 is 11.8 Å². The largest absolute Gasteiger partial charge is 0.329 e. The van der Waals surface area contributed by atoms with Crippen LogP contribution in [0.1, 0.15) is 5.56 Å². The van der Waals surface area contributed by atoms with Gasteiger partial charge in [-0.05, 0) is 5.56 Å². The maximum atomic E-state index is 4.25. The van der Waals surface area contributed by atoms with Crippen LogP contribution in [-0.2, 0) is 7.05 Å². The molecule has 1 heterocycles. The first kappa shape index (κ1) is 11.0. The molecule has 0 unspecified atom stereocenters. The van der Waals surface area contributed by atoms with Crippen LogP contribution in [0.5, 0.6) is 0 Å². The molecule has 0 amide bonds. The monoisotopic (exact) mass is 230 g/mol. The summed E-state index contributed by atoms with van der Waals surface area (Å²) in [6, 6.07) is 10.3. The molecule has 82 valence electrons. The number of imidazole rings is 1. The van der Waals surface area contributed by atoms with Gasteiger partial charge in [0.15, 0.2) is 5.16 Å². The zero-order chi connectivity index (χ0) is 11.2. The molecule has 3 heteroatoms. The van der Waals surface area contributed by atoms with Gasteiger partial charge in [-0.3, -0.25) is 0 Å². The van der Waals surface area contributed by atoms with Gasteiger partial charge in [-0.2, -0.15) is 0 Å². The topological polar surface area (TPSA) is 17.8 Å². The molecule has 0 saturated carbocycles. The highest BCUT2D eigenvalue weighted by molar-refractivity contribution is 7.99. The predicted molar refractivity (Wildman–Crippen MR) is 69.4 cm³/mol. The van der Waals surface area contributed by atoms with E-state index in [9.17, 15) is 0 Å². The van der Waals surface area contributed by atoms with E-state index in [4.69, 9.17) is 0 Å². The van der Waals surface area contributed by atoms with Crippen LogP contribution in [-0.4, -0.2) is 15.3 Å². The second-order valence-corrected chi connectivity index (χ2v) is 4.43. The molecule has 0 spiro atoms. The van der Waals surface area contributed by atoms with E-state index in [1.807, 2.05) is 42.2 Å². The molecule has 1 aromatic carbocycles. The Morgan fingerprint density at radius 1 is 1.31 bits per heavy atom. The summed E-state index contributed by atoms with van der Waals surface area (Å²) in [4.78, 5) is 4.25. The van der Waals surface area contributed by atoms with Gasteiger partial charge in [0.05, 0.1) is 0 Å². The van der Waals surface area contributed by atoms with E-state index < -0.39 is 0 Å². The number of hydrogen-bond donors (Lipinski definition) is 0. The van der Waals surface area contributed by atoms with Crippen LogP contribution in [0.4, 0.5) is 0 Å². The summed E-state index contributed by atoms with van der Waals surface area (Å²) in [5.41, 5.74) is 1.24. The van der Waals surface area contributed by atoms with Crippen molar-refractivity contribution in [3.05, 3.63) is 54.4 Å². The highest BCUT2D eigenvalue weighted by atomic mass is 32.2. The van der Waals surface area contributed by atoms with Crippen LogP contribution in [0.25, 0.3) is 6.08 Å². The summed E-state index contributed by atoms with van der Waals surface area (Å²) in [6.45, 7) is 0. The molecule has 2 rings (SSSR count). The Balaban J connectivity index is 1.85. The molecule has 1 aromatic heterocycles. The van der Waals surface area contributed by atoms with Gasteiger partial charge in [-0.1, -0.05) is 54.2 Å². The molecule has 0 bridgehead atoms. The van der Waals surface area contributed by atoms with Crippen molar-refractivity contribution in [2.75, 3.05) is 5.75 Å². The number of thioether (sulfide) groups is 1. The van der Waals surface area contributed by atoms with E-state index in [-0.39, 0.29) is 0 Å². The lowest BCUT2D eigenvalue weighted by atomic mass is 10.2. The molecular formula is C13H14N2S. The minimum Gasteiger partial charge on any atom is -0.329 e. The summed E-state index contributed by atoms with van der Waals surface area (Å²) < 4.78 is 2.03. The lowest BCUT2D eigenvalue weighted by Gasteiger charge is -1.97. The van der Waals surface area contributed by atoms with Crippen molar-refractivity contribution in [3.8, 4) is 0 Å². The first-order chi connectivity index (χ1) is 7.86. The summed E-state index contributed by atoms with van der Waals surface area (Å²) in [7, 11) is 2.01. The molecule has 0 atom stereocenters. The summed E-state index contributed by atoms with van der Waals surface area (Å²) in [6.07, 6.45) is 8.08. The Labute approximate surface area is 100 Å². The standard InChI is InChI=1S/C13H14N2S/c1-15-10-9-14-13(15)16-11-5-8-12-6-3-2-4-7-12/h2-10H,11H2,1H3. The normalized spacial score (nSPS) is 11.1. The van der Waals surface area contributed by atoms with Crippen LogP contribution < -0.4 is 0 Å². The Morgan fingerprint density at radius 2 is 2.12 bits per heavy atom. The third-order valence-corrected chi connectivity index (χ3v) is 3.21. The lowest BCUT2D eigenvalue weighted by molar-refractivity contribution is 0.791. The van der Waals surface area contributed by atoms with E-state index in [1.54, 1.807) is 11.8 Å². The van der Waals surface area contributed by atoms with Gasteiger partial charge < -0.3 is 4.57 Å². The van der Waals surface area contributed by atoms with Gasteiger partial charge in [0.1, 0.15) is 0 Å². The molecule has 0 N–H and O–H groups in total. The Morgan fingerprint density at radius 3 is 2.81 bits per heavy atom. The van der Waals surface area contributed by atoms with Crippen LogP contribution in [0.3, 0.4) is 0 Å². The summed E-state index contributed by atoms with van der Waals surface area (Å²) in [5, 5.41) is 1.05. The van der Waals surface area contributed by atoms with Crippen molar-refractivity contribution in [1.29, 1.82) is 0 Å². The summed E-state index contributed by atoms with van der Waals surface area (Å²) in [5.74, 6) is 0.944. The number of hydrogen-bond acceptors (Lipinski definition) is 2. The number of benzene rings is 1. The number of aromatic nitrogens is 2. The van der Waals surface area contributed by atoms with Crippen molar-refractivity contribution in [3.63, 3.8) is 0 Å². The third-order valence-electron chi connectivity index (χ3n) is 2.20. The minimum absolute atomic E-state index is 0.944. The second kappa shape index (κ2) is 5.56. The van der Waals surface area contributed by atoms with Crippen LogP contribution in [0, 0.1) is 0 Å². The first-order valence-electron chi connectivity index (χ1n) is 5.18. The molecule has 2 aromatic rings. The molecule has 0 aliphatic carbocycles. The Hall–Kier alpha value is -1.48. The Kier molecular flexibility index (Phi) is 3.83. The fourth-order valence-electron chi connectivity index (χ4n) is 1.36. The third kappa shape index (κ3) is 3.00.